The van der Waals surface area contributed by atoms with Crippen molar-refractivity contribution in [3.63, 3.8) is 0 Å². The summed E-state index contributed by atoms with van der Waals surface area (Å²) in [6.07, 6.45) is 0.767. The zero-order valence-corrected chi connectivity index (χ0v) is 10.8. The molecule has 0 unspecified atom stereocenters. The summed E-state index contributed by atoms with van der Waals surface area (Å²) in [7, 11) is 0. The number of aliphatic hydroxyl groups is 1. The molecule has 0 saturated heterocycles. The summed E-state index contributed by atoms with van der Waals surface area (Å²) in [6, 6.07) is 8.25. The molecule has 15 heavy (non-hydrogen) atoms. The first-order valence-corrected chi connectivity index (χ1v) is 5.93. The van der Waals surface area contributed by atoms with Gasteiger partial charge in [-0.2, -0.15) is 0 Å². The van der Waals surface area contributed by atoms with Crippen molar-refractivity contribution < 1.29 is 5.11 Å². The van der Waals surface area contributed by atoms with Gasteiger partial charge >= 0.3 is 0 Å². The summed E-state index contributed by atoms with van der Waals surface area (Å²) < 4.78 is 1.10. The Bertz CT molecular complexity index is 295. The zero-order valence-electron chi connectivity index (χ0n) is 9.26. The molecule has 1 rings (SSSR count). The lowest BCUT2D eigenvalue weighted by Gasteiger charge is -2.25. The number of aliphatic hydroxyl groups excluding tert-OH is 1. The van der Waals surface area contributed by atoms with E-state index in [1.165, 1.54) is 5.56 Å². The fourth-order valence-electron chi connectivity index (χ4n) is 1.31. The highest BCUT2D eigenvalue weighted by Gasteiger charge is 2.15. The second kappa shape index (κ2) is 5.64. The van der Waals surface area contributed by atoms with E-state index in [1.807, 2.05) is 12.1 Å². The van der Waals surface area contributed by atoms with Crippen LogP contribution in [0.3, 0.4) is 0 Å². The van der Waals surface area contributed by atoms with Crippen LogP contribution in [0.1, 0.15) is 25.8 Å². The Morgan fingerprint density at radius 3 is 2.40 bits per heavy atom. The smallest absolute Gasteiger partial charge is 0.0448 e. The first kappa shape index (κ1) is 12.7. The van der Waals surface area contributed by atoms with Gasteiger partial charge in [-0.1, -0.05) is 28.1 Å². The molecule has 84 valence electrons. The van der Waals surface area contributed by atoms with Gasteiger partial charge < -0.3 is 10.4 Å². The molecule has 0 fully saturated rings. The van der Waals surface area contributed by atoms with Crippen LogP contribution < -0.4 is 5.32 Å². The van der Waals surface area contributed by atoms with Gasteiger partial charge in [-0.05, 0) is 38.0 Å². The summed E-state index contributed by atoms with van der Waals surface area (Å²) in [6.45, 7) is 5.25. The van der Waals surface area contributed by atoms with Crippen LogP contribution in [-0.4, -0.2) is 17.3 Å². The summed E-state index contributed by atoms with van der Waals surface area (Å²) >= 11 is 3.41. The molecule has 0 aliphatic heterocycles. The maximum atomic E-state index is 8.89. The molecule has 3 heteroatoms. The van der Waals surface area contributed by atoms with Gasteiger partial charge in [0.25, 0.3) is 0 Å². The first-order chi connectivity index (χ1) is 7.03. The van der Waals surface area contributed by atoms with Crippen molar-refractivity contribution in [2.45, 2.75) is 32.4 Å². The topological polar surface area (TPSA) is 32.3 Å². The number of hydrogen-bond acceptors (Lipinski definition) is 2. The molecular formula is C12H18BrNO. The Morgan fingerprint density at radius 1 is 1.27 bits per heavy atom. The van der Waals surface area contributed by atoms with Gasteiger partial charge in [0.1, 0.15) is 0 Å². The molecule has 0 aliphatic carbocycles. The van der Waals surface area contributed by atoms with Crippen molar-refractivity contribution >= 4 is 15.9 Å². The van der Waals surface area contributed by atoms with Gasteiger partial charge in [-0.3, -0.25) is 0 Å². The molecule has 0 bridgehead atoms. The van der Waals surface area contributed by atoms with Crippen LogP contribution in [0.2, 0.25) is 0 Å². The highest BCUT2D eigenvalue weighted by atomic mass is 79.9. The molecule has 2 nitrogen and oxygen atoms in total. The van der Waals surface area contributed by atoms with Gasteiger partial charge in [0.15, 0.2) is 0 Å². The molecule has 0 saturated carbocycles. The van der Waals surface area contributed by atoms with Gasteiger partial charge in [-0.25, -0.2) is 0 Å². The van der Waals surface area contributed by atoms with E-state index in [4.69, 9.17) is 5.11 Å². The van der Waals surface area contributed by atoms with Crippen molar-refractivity contribution in [1.29, 1.82) is 0 Å². The lowest BCUT2D eigenvalue weighted by atomic mass is 10.0. The largest absolute Gasteiger partial charge is 0.396 e. The van der Waals surface area contributed by atoms with Crippen LogP contribution in [-0.2, 0) is 6.54 Å². The van der Waals surface area contributed by atoms with Crippen LogP contribution in [0.25, 0.3) is 0 Å². The quantitative estimate of drug-likeness (QED) is 0.863. The molecule has 0 spiro atoms. The van der Waals surface area contributed by atoms with E-state index in [-0.39, 0.29) is 12.1 Å². The molecule has 1 aromatic carbocycles. The zero-order chi connectivity index (χ0) is 11.3. The van der Waals surface area contributed by atoms with Gasteiger partial charge in [0, 0.05) is 23.2 Å². The van der Waals surface area contributed by atoms with Gasteiger partial charge in [0.05, 0.1) is 0 Å². The molecule has 0 heterocycles. The van der Waals surface area contributed by atoms with Crippen LogP contribution in [0.4, 0.5) is 0 Å². The highest BCUT2D eigenvalue weighted by Crippen LogP contribution is 2.12. The highest BCUT2D eigenvalue weighted by molar-refractivity contribution is 9.10. The van der Waals surface area contributed by atoms with E-state index in [2.05, 4.69) is 47.2 Å². The molecule has 0 atom stereocenters. The Balaban J connectivity index is 2.46. The Labute approximate surface area is 99.8 Å². The summed E-state index contributed by atoms with van der Waals surface area (Å²) in [5.74, 6) is 0. The van der Waals surface area contributed by atoms with Crippen molar-refractivity contribution in [3.05, 3.63) is 34.3 Å². The van der Waals surface area contributed by atoms with Gasteiger partial charge in [0.2, 0.25) is 0 Å². The molecule has 0 aromatic heterocycles. The number of halogens is 1. The molecule has 1 aromatic rings. The number of hydrogen-bond donors (Lipinski definition) is 2. The maximum Gasteiger partial charge on any atom is 0.0448 e. The fraction of sp³-hybridized carbons (Fsp3) is 0.500. The third-order valence-electron chi connectivity index (χ3n) is 2.42. The van der Waals surface area contributed by atoms with Crippen LogP contribution in [0.5, 0.6) is 0 Å². The SMILES string of the molecule is CC(C)(CCO)NCc1ccc(Br)cc1. The van der Waals surface area contributed by atoms with Crippen LogP contribution in [0, 0.1) is 0 Å². The number of benzene rings is 1. The van der Waals surface area contributed by atoms with Crippen LogP contribution in [0.15, 0.2) is 28.7 Å². The Morgan fingerprint density at radius 2 is 1.87 bits per heavy atom. The normalized spacial score (nSPS) is 11.7. The molecule has 0 aliphatic rings. The van der Waals surface area contributed by atoms with Crippen molar-refractivity contribution in [1.82, 2.24) is 5.32 Å². The van der Waals surface area contributed by atoms with E-state index >= 15 is 0 Å². The minimum atomic E-state index is -0.0121. The van der Waals surface area contributed by atoms with E-state index in [9.17, 15) is 0 Å². The molecular weight excluding hydrogens is 254 g/mol. The molecule has 0 amide bonds. The standard InChI is InChI=1S/C12H18BrNO/c1-12(2,7-8-15)14-9-10-3-5-11(13)6-4-10/h3-6,14-15H,7-9H2,1-2H3. The maximum absolute atomic E-state index is 8.89. The van der Waals surface area contributed by atoms with E-state index < -0.39 is 0 Å². The Hall–Kier alpha value is -0.380. The number of nitrogens with one attached hydrogen (secondary N) is 1. The van der Waals surface area contributed by atoms with Crippen molar-refractivity contribution in [2.75, 3.05) is 6.61 Å². The average molecular weight is 272 g/mol. The molecule has 2 N–H and O–H groups in total. The minimum absolute atomic E-state index is 0.0121. The van der Waals surface area contributed by atoms with Gasteiger partial charge in [-0.15, -0.1) is 0 Å². The monoisotopic (exact) mass is 271 g/mol. The number of rotatable bonds is 5. The minimum Gasteiger partial charge on any atom is -0.396 e. The average Bonchev–Trinajstić information content (AvgIpc) is 2.17. The fourth-order valence-corrected chi connectivity index (χ4v) is 1.58. The predicted octanol–water partition coefficient (Wildman–Crippen LogP) is 2.70. The van der Waals surface area contributed by atoms with Crippen LogP contribution >= 0.6 is 15.9 Å². The van der Waals surface area contributed by atoms with Crippen molar-refractivity contribution in [2.24, 2.45) is 0 Å². The van der Waals surface area contributed by atoms with E-state index in [0.29, 0.717) is 0 Å². The lowest BCUT2D eigenvalue weighted by molar-refractivity contribution is 0.230. The van der Waals surface area contributed by atoms with E-state index in [1.54, 1.807) is 0 Å². The second-order valence-corrected chi connectivity index (χ2v) is 5.25. The predicted molar refractivity (Wildman–Crippen MR) is 66.8 cm³/mol. The van der Waals surface area contributed by atoms with E-state index in [0.717, 1.165) is 17.4 Å². The summed E-state index contributed by atoms with van der Waals surface area (Å²) in [4.78, 5) is 0. The first-order valence-electron chi connectivity index (χ1n) is 5.14. The third kappa shape index (κ3) is 4.78. The summed E-state index contributed by atoms with van der Waals surface area (Å²) in [5.41, 5.74) is 1.24. The molecule has 0 radical (unpaired) electrons. The lowest BCUT2D eigenvalue weighted by Crippen LogP contribution is -2.39. The Kier molecular flexibility index (Phi) is 4.77. The van der Waals surface area contributed by atoms with Crippen molar-refractivity contribution in [3.8, 4) is 0 Å². The second-order valence-electron chi connectivity index (χ2n) is 4.34. The third-order valence-corrected chi connectivity index (χ3v) is 2.95. The summed E-state index contributed by atoms with van der Waals surface area (Å²) in [5, 5.41) is 12.3.